The Labute approximate surface area is 230 Å². The van der Waals surface area contributed by atoms with Crippen LogP contribution in [-0.2, 0) is 16.1 Å². The minimum absolute atomic E-state index is 0.216. The molecule has 0 aliphatic carbocycles. The summed E-state index contributed by atoms with van der Waals surface area (Å²) < 4.78 is 0. The van der Waals surface area contributed by atoms with Crippen LogP contribution in [0, 0.1) is 6.92 Å². The Morgan fingerprint density at radius 1 is 1.07 bits per heavy atom. The number of aromatic amines is 1. The van der Waals surface area contributed by atoms with Gasteiger partial charge in [-0.1, -0.05) is 42.0 Å². The predicted octanol–water partition coefficient (Wildman–Crippen LogP) is 3.78. The number of hydrogen-bond acceptors (Lipinski definition) is 5. The van der Waals surface area contributed by atoms with E-state index in [0.717, 1.165) is 16.6 Å². The van der Waals surface area contributed by atoms with Crippen LogP contribution in [0.5, 0.6) is 0 Å². The number of amides is 3. The molecule has 40 heavy (non-hydrogen) atoms. The molecule has 1 aliphatic rings. The van der Waals surface area contributed by atoms with Gasteiger partial charge in [0.15, 0.2) is 0 Å². The van der Waals surface area contributed by atoms with Crippen molar-refractivity contribution in [2.75, 3.05) is 25.5 Å². The van der Waals surface area contributed by atoms with Crippen molar-refractivity contribution in [1.82, 2.24) is 19.8 Å². The maximum atomic E-state index is 13.8. The zero-order valence-electron chi connectivity index (χ0n) is 22.4. The number of anilines is 1. The average molecular weight is 540 g/mol. The number of carbonyl (C=O) groups is 4. The summed E-state index contributed by atoms with van der Waals surface area (Å²) in [6.07, 6.45) is -0.356. The van der Waals surface area contributed by atoms with Crippen LogP contribution < -0.4 is 4.90 Å². The summed E-state index contributed by atoms with van der Waals surface area (Å²) in [6.45, 7) is 1.81. The SMILES string of the molecule is Cc1cccc(C(CC(=O)O)N2CC(=O)N(C)c3cc(C(=O)N(C)Cc4nc5ccccc5[nH]4)ccc3C2=O)c1. The Bertz CT molecular complexity index is 1610. The lowest BCUT2D eigenvalue weighted by atomic mass is 9.98. The maximum Gasteiger partial charge on any atom is 0.305 e. The third kappa shape index (κ3) is 5.15. The molecule has 2 N–H and O–H groups in total. The second-order valence-electron chi connectivity index (χ2n) is 10.0. The number of rotatable bonds is 7. The van der Waals surface area contributed by atoms with Gasteiger partial charge < -0.3 is 24.8 Å². The molecule has 204 valence electrons. The van der Waals surface area contributed by atoms with Crippen molar-refractivity contribution in [1.29, 1.82) is 0 Å². The molecule has 10 heteroatoms. The Morgan fingerprint density at radius 3 is 2.58 bits per heavy atom. The first-order valence-electron chi connectivity index (χ1n) is 12.8. The third-order valence-electron chi connectivity index (χ3n) is 7.12. The summed E-state index contributed by atoms with van der Waals surface area (Å²) in [5, 5.41) is 9.63. The number of fused-ring (bicyclic) bond motifs is 2. The van der Waals surface area contributed by atoms with Crippen molar-refractivity contribution in [3.05, 3.63) is 94.8 Å². The van der Waals surface area contributed by atoms with Crippen molar-refractivity contribution in [3.8, 4) is 0 Å². The fraction of sp³-hybridized carbons (Fsp3) is 0.233. The van der Waals surface area contributed by atoms with Crippen molar-refractivity contribution >= 4 is 40.4 Å². The number of hydrogen-bond donors (Lipinski definition) is 2. The summed E-state index contributed by atoms with van der Waals surface area (Å²) >= 11 is 0. The summed E-state index contributed by atoms with van der Waals surface area (Å²) in [6, 6.07) is 18.6. The number of aliphatic carboxylic acids is 1. The first-order valence-corrected chi connectivity index (χ1v) is 12.8. The molecule has 10 nitrogen and oxygen atoms in total. The van der Waals surface area contributed by atoms with Crippen LogP contribution in [0.25, 0.3) is 11.0 Å². The first kappa shape index (κ1) is 26.6. The number of benzene rings is 3. The molecule has 0 spiro atoms. The normalized spacial score (nSPS) is 14.2. The van der Waals surface area contributed by atoms with E-state index in [1.807, 2.05) is 43.3 Å². The highest BCUT2D eigenvalue weighted by atomic mass is 16.4. The monoisotopic (exact) mass is 539 g/mol. The van der Waals surface area contributed by atoms with Crippen molar-refractivity contribution < 1.29 is 24.3 Å². The second kappa shape index (κ2) is 10.6. The lowest BCUT2D eigenvalue weighted by Crippen LogP contribution is -2.41. The zero-order chi connectivity index (χ0) is 28.6. The largest absolute Gasteiger partial charge is 0.481 e. The minimum Gasteiger partial charge on any atom is -0.481 e. The van der Waals surface area contributed by atoms with Crippen molar-refractivity contribution in [2.45, 2.75) is 25.9 Å². The van der Waals surface area contributed by atoms with Gasteiger partial charge in [0.25, 0.3) is 11.8 Å². The van der Waals surface area contributed by atoms with Gasteiger partial charge in [-0.2, -0.15) is 0 Å². The molecule has 0 saturated heterocycles. The van der Waals surface area contributed by atoms with Crippen LogP contribution in [0.1, 0.15) is 50.1 Å². The number of H-pyrrole nitrogens is 1. The van der Waals surface area contributed by atoms with E-state index in [1.54, 1.807) is 32.3 Å². The molecular formula is C30H29N5O5. The molecule has 0 saturated carbocycles. The molecule has 3 amide bonds. The number of nitrogens with one attached hydrogen (secondary N) is 1. The van der Waals surface area contributed by atoms with Gasteiger partial charge in [-0.3, -0.25) is 19.2 Å². The highest BCUT2D eigenvalue weighted by Gasteiger charge is 2.36. The van der Waals surface area contributed by atoms with E-state index in [2.05, 4.69) is 9.97 Å². The lowest BCUT2D eigenvalue weighted by molar-refractivity contribution is -0.138. The molecule has 0 radical (unpaired) electrons. The number of likely N-dealkylation sites (N-methyl/N-ethyl adjacent to an activating group) is 1. The molecule has 2 heterocycles. The fourth-order valence-electron chi connectivity index (χ4n) is 5.04. The highest BCUT2D eigenvalue weighted by molar-refractivity contribution is 6.11. The van der Waals surface area contributed by atoms with Crippen LogP contribution in [0.3, 0.4) is 0 Å². The molecule has 5 rings (SSSR count). The average Bonchev–Trinajstić information content (AvgIpc) is 3.31. The number of para-hydroxylation sites is 2. The lowest BCUT2D eigenvalue weighted by Gasteiger charge is -2.30. The fourth-order valence-corrected chi connectivity index (χ4v) is 5.04. The second-order valence-corrected chi connectivity index (χ2v) is 10.0. The Morgan fingerprint density at radius 2 is 1.85 bits per heavy atom. The summed E-state index contributed by atoms with van der Waals surface area (Å²) in [4.78, 5) is 64.0. The van der Waals surface area contributed by atoms with Gasteiger partial charge in [0.2, 0.25) is 5.91 Å². The molecule has 1 aromatic heterocycles. The highest BCUT2D eigenvalue weighted by Crippen LogP contribution is 2.33. The standard InChI is InChI=1S/C30H29N5O5/c1-18-7-6-8-19(13-18)24(15-28(37)38)35-17-27(36)34(3)25-14-20(11-12-21(25)30(35)40)29(39)33(2)16-26-31-22-9-4-5-10-23(22)32-26/h4-14,24H,15-17H2,1-3H3,(H,31,32)(H,37,38). The summed E-state index contributed by atoms with van der Waals surface area (Å²) in [5.41, 5.74) is 4.03. The quantitative estimate of drug-likeness (QED) is 0.368. The van der Waals surface area contributed by atoms with Gasteiger partial charge in [0.05, 0.1) is 41.3 Å². The molecule has 1 atom stereocenters. The summed E-state index contributed by atoms with van der Waals surface area (Å²) in [7, 11) is 3.20. The van der Waals surface area contributed by atoms with E-state index in [-0.39, 0.29) is 31.0 Å². The first-order chi connectivity index (χ1) is 19.1. The van der Waals surface area contributed by atoms with Crippen LogP contribution in [-0.4, -0.2) is 69.2 Å². The van der Waals surface area contributed by atoms with Crippen LogP contribution in [0.4, 0.5) is 5.69 Å². The Balaban J connectivity index is 1.45. The van der Waals surface area contributed by atoms with E-state index in [4.69, 9.17) is 0 Å². The Kier molecular flexibility index (Phi) is 7.08. The minimum atomic E-state index is -1.09. The van der Waals surface area contributed by atoms with Crippen LogP contribution in [0.15, 0.2) is 66.7 Å². The molecule has 3 aromatic carbocycles. The maximum absolute atomic E-state index is 13.8. The number of nitrogens with zero attached hydrogens (tertiary/aromatic N) is 4. The van der Waals surface area contributed by atoms with Crippen LogP contribution >= 0.6 is 0 Å². The van der Waals surface area contributed by atoms with E-state index >= 15 is 0 Å². The number of imidazole rings is 1. The number of carboxylic acid groups (broad SMARTS) is 1. The zero-order valence-corrected chi connectivity index (χ0v) is 22.4. The number of aryl methyl sites for hydroxylation is 1. The third-order valence-corrected chi connectivity index (χ3v) is 7.12. The smallest absolute Gasteiger partial charge is 0.305 e. The molecule has 0 fully saturated rings. The van der Waals surface area contributed by atoms with Crippen molar-refractivity contribution in [2.24, 2.45) is 0 Å². The Hall–Kier alpha value is -4.99. The van der Waals surface area contributed by atoms with Gasteiger partial charge in [0.1, 0.15) is 12.4 Å². The van der Waals surface area contributed by atoms with Gasteiger partial charge >= 0.3 is 5.97 Å². The van der Waals surface area contributed by atoms with Crippen molar-refractivity contribution in [3.63, 3.8) is 0 Å². The molecule has 1 aliphatic heterocycles. The predicted molar refractivity (Wildman–Crippen MR) is 149 cm³/mol. The van der Waals surface area contributed by atoms with Gasteiger partial charge in [-0.15, -0.1) is 0 Å². The van der Waals surface area contributed by atoms with E-state index in [1.165, 1.54) is 26.8 Å². The van der Waals surface area contributed by atoms with E-state index in [9.17, 15) is 24.3 Å². The molecule has 4 aromatic rings. The molecular weight excluding hydrogens is 510 g/mol. The topological polar surface area (TPSA) is 127 Å². The van der Waals surface area contributed by atoms with Gasteiger partial charge in [-0.05, 0) is 42.8 Å². The van der Waals surface area contributed by atoms with Gasteiger partial charge in [0, 0.05) is 19.7 Å². The molecule has 1 unspecified atom stereocenters. The number of carbonyl (C=O) groups excluding carboxylic acids is 3. The van der Waals surface area contributed by atoms with Crippen LogP contribution in [0.2, 0.25) is 0 Å². The van der Waals surface area contributed by atoms with Gasteiger partial charge in [-0.25, -0.2) is 4.98 Å². The number of carboxylic acids is 1. The van der Waals surface area contributed by atoms with E-state index in [0.29, 0.717) is 22.6 Å². The van der Waals surface area contributed by atoms with E-state index < -0.39 is 23.8 Å². The number of aromatic nitrogens is 2. The molecule has 0 bridgehead atoms. The summed E-state index contributed by atoms with van der Waals surface area (Å²) in [5.74, 6) is -1.63.